The molecule has 4 heteroatoms. The van der Waals surface area contributed by atoms with E-state index < -0.39 is 0 Å². The number of aryl methyl sites for hydroxylation is 1. The maximum Gasteiger partial charge on any atom is 0.193 e. The van der Waals surface area contributed by atoms with Crippen LogP contribution < -0.4 is 11.1 Å². The lowest BCUT2D eigenvalue weighted by Gasteiger charge is -2.10. The Morgan fingerprint density at radius 3 is 2.90 bits per heavy atom. The number of guanidine groups is 1. The Labute approximate surface area is 130 Å². The average Bonchev–Trinajstić information content (AvgIpc) is 2.98. The third-order valence-electron chi connectivity index (χ3n) is 3.31. The molecule has 112 valence electrons. The van der Waals surface area contributed by atoms with Crippen molar-refractivity contribution >= 4 is 23.0 Å². The number of hydrogen-bond acceptors (Lipinski definition) is 2. The largest absolute Gasteiger partial charge is 0.370 e. The van der Waals surface area contributed by atoms with Crippen LogP contribution in [0.4, 0.5) is 5.69 Å². The molecular weight excluding hydrogens is 278 g/mol. The lowest BCUT2D eigenvalue weighted by atomic mass is 10.1. The SMILES string of the molecule is CCc1cccc(NC(N)=NCC(C)Cc2cccs2)c1. The van der Waals surface area contributed by atoms with Crippen LogP contribution >= 0.6 is 11.3 Å². The van der Waals surface area contributed by atoms with Crippen LogP contribution in [0.25, 0.3) is 0 Å². The molecule has 0 aliphatic carbocycles. The summed E-state index contributed by atoms with van der Waals surface area (Å²) >= 11 is 1.80. The third kappa shape index (κ3) is 5.23. The van der Waals surface area contributed by atoms with Gasteiger partial charge in [-0.25, -0.2) is 0 Å². The van der Waals surface area contributed by atoms with Crippen molar-refractivity contribution in [2.24, 2.45) is 16.6 Å². The number of rotatable bonds is 6. The summed E-state index contributed by atoms with van der Waals surface area (Å²) in [5, 5.41) is 5.27. The second kappa shape index (κ2) is 7.84. The van der Waals surface area contributed by atoms with E-state index in [1.54, 1.807) is 11.3 Å². The van der Waals surface area contributed by atoms with Gasteiger partial charge in [0, 0.05) is 17.1 Å². The molecule has 1 heterocycles. The number of benzene rings is 1. The molecule has 0 fully saturated rings. The predicted molar refractivity (Wildman–Crippen MR) is 93.1 cm³/mol. The van der Waals surface area contributed by atoms with Crippen molar-refractivity contribution in [3.63, 3.8) is 0 Å². The van der Waals surface area contributed by atoms with Gasteiger partial charge in [-0.3, -0.25) is 4.99 Å². The molecule has 0 radical (unpaired) electrons. The van der Waals surface area contributed by atoms with Gasteiger partial charge in [0.05, 0.1) is 0 Å². The Morgan fingerprint density at radius 1 is 1.33 bits per heavy atom. The van der Waals surface area contributed by atoms with Crippen LogP contribution in [0, 0.1) is 5.92 Å². The second-order valence-electron chi connectivity index (χ2n) is 5.29. The quantitative estimate of drug-likeness (QED) is 0.627. The summed E-state index contributed by atoms with van der Waals surface area (Å²) in [7, 11) is 0. The summed E-state index contributed by atoms with van der Waals surface area (Å²) < 4.78 is 0. The lowest BCUT2D eigenvalue weighted by molar-refractivity contribution is 0.599. The van der Waals surface area contributed by atoms with Gasteiger partial charge in [0.2, 0.25) is 0 Å². The Bertz CT molecular complexity index is 575. The predicted octanol–water partition coefficient (Wildman–Crippen LogP) is 3.92. The number of anilines is 1. The van der Waals surface area contributed by atoms with Crippen LogP contribution in [0.5, 0.6) is 0 Å². The smallest absolute Gasteiger partial charge is 0.193 e. The molecule has 1 atom stereocenters. The number of nitrogens with two attached hydrogens (primary N) is 1. The van der Waals surface area contributed by atoms with Gasteiger partial charge in [-0.1, -0.05) is 32.0 Å². The highest BCUT2D eigenvalue weighted by atomic mass is 32.1. The highest BCUT2D eigenvalue weighted by Gasteiger charge is 2.04. The van der Waals surface area contributed by atoms with Crippen molar-refractivity contribution in [2.75, 3.05) is 11.9 Å². The van der Waals surface area contributed by atoms with Gasteiger partial charge in [-0.15, -0.1) is 11.3 Å². The van der Waals surface area contributed by atoms with Gasteiger partial charge < -0.3 is 11.1 Å². The first-order valence-corrected chi connectivity index (χ1v) is 8.23. The highest BCUT2D eigenvalue weighted by molar-refractivity contribution is 7.09. The van der Waals surface area contributed by atoms with Gasteiger partial charge in [0.15, 0.2) is 5.96 Å². The minimum absolute atomic E-state index is 0.487. The first-order valence-electron chi connectivity index (χ1n) is 7.35. The van der Waals surface area contributed by atoms with E-state index >= 15 is 0 Å². The van der Waals surface area contributed by atoms with Crippen molar-refractivity contribution in [2.45, 2.75) is 26.7 Å². The Hall–Kier alpha value is -1.81. The van der Waals surface area contributed by atoms with Crippen LogP contribution in [-0.2, 0) is 12.8 Å². The molecule has 0 aliphatic heterocycles. The fourth-order valence-electron chi connectivity index (χ4n) is 2.15. The van der Waals surface area contributed by atoms with E-state index in [0.717, 1.165) is 25.1 Å². The van der Waals surface area contributed by atoms with E-state index in [2.05, 4.69) is 53.8 Å². The normalized spacial score (nSPS) is 13.1. The molecule has 2 aromatic rings. The van der Waals surface area contributed by atoms with Crippen molar-refractivity contribution < 1.29 is 0 Å². The molecule has 0 aliphatic rings. The van der Waals surface area contributed by atoms with E-state index in [-0.39, 0.29) is 0 Å². The van der Waals surface area contributed by atoms with Crippen LogP contribution in [0.2, 0.25) is 0 Å². The summed E-state index contributed by atoms with van der Waals surface area (Å²) in [6.45, 7) is 5.08. The topological polar surface area (TPSA) is 50.4 Å². The summed E-state index contributed by atoms with van der Waals surface area (Å²) in [5.74, 6) is 0.979. The zero-order valence-electron chi connectivity index (χ0n) is 12.7. The molecule has 0 amide bonds. The summed E-state index contributed by atoms with van der Waals surface area (Å²) in [4.78, 5) is 5.85. The maximum absolute atomic E-state index is 5.96. The van der Waals surface area contributed by atoms with Crippen molar-refractivity contribution in [3.05, 3.63) is 52.2 Å². The molecule has 2 rings (SSSR count). The Kier molecular flexibility index (Phi) is 5.81. The number of hydrogen-bond donors (Lipinski definition) is 2. The molecule has 0 saturated carbocycles. The molecule has 1 aromatic heterocycles. The molecule has 0 bridgehead atoms. The minimum Gasteiger partial charge on any atom is -0.370 e. The van der Waals surface area contributed by atoms with Crippen molar-refractivity contribution in [3.8, 4) is 0 Å². The average molecular weight is 301 g/mol. The van der Waals surface area contributed by atoms with E-state index in [1.807, 2.05) is 12.1 Å². The molecule has 0 saturated heterocycles. The summed E-state index contributed by atoms with van der Waals surface area (Å²) in [5.41, 5.74) is 8.25. The Morgan fingerprint density at radius 2 is 2.19 bits per heavy atom. The number of thiophene rings is 1. The molecule has 3 nitrogen and oxygen atoms in total. The van der Waals surface area contributed by atoms with Crippen molar-refractivity contribution in [1.29, 1.82) is 0 Å². The molecule has 1 aromatic carbocycles. The summed E-state index contributed by atoms with van der Waals surface area (Å²) in [6.07, 6.45) is 2.07. The minimum atomic E-state index is 0.487. The monoisotopic (exact) mass is 301 g/mol. The third-order valence-corrected chi connectivity index (χ3v) is 4.21. The van der Waals surface area contributed by atoms with Gasteiger partial charge in [-0.05, 0) is 47.9 Å². The molecule has 0 spiro atoms. The van der Waals surface area contributed by atoms with Crippen LogP contribution in [-0.4, -0.2) is 12.5 Å². The van der Waals surface area contributed by atoms with E-state index in [1.165, 1.54) is 10.4 Å². The van der Waals surface area contributed by atoms with Gasteiger partial charge in [0.1, 0.15) is 0 Å². The number of aliphatic imine (C=N–C) groups is 1. The van der Waals surface area contributed by atoms with E-state index in [9.17, 15) is 0 Å². The maximum atomic E-state index is 5.96. The van der Waals surface area contributed by atoms with Gasteiger partial charge >= 0.3 is 0 Å². The first-order chi connectivity index (χ1) is 10.2. The van der Waals surface area contributed by atoms with E-state index in [0.29, 0.717) is 11.9 Å². The standard InChI is InChI=1S/C17H23N3S/c1-3-14-6-4-7-15(11-14)20-17(18)19-12-13(2)10-16-8-5-9-21-16/h4-9,11,13H,3,10,12H2,1-2H3,(H3,18,19,20). The molecule has 21 heavy (non-hydrogen) atoms. The van der Waals surface area contributed by atoms with Crippen LogP contribution in [0.1, 0.15) is 24.3 Å². The fourth-order valence-corrected chi connectivity index (χ4v) is 3.02. The van der Waals surface area contributed by atoms with Gasteiger partial charge in [-0.2, -0.15) is 0 Å². The Balaban J connectivity index is 1.85. The molecule has 1 unspecified atom stereocenters. The zero-order chi connectivity index (χ0) is 15.1. The fraction of sp³-hybridized carbons (Fsp3) is 0.353. The van der Waals surface area contributed by atoms with Crippen LogP contribution in [0.3, 0.4) is 0 Å². The molecular formula is C17H23N3S. The second-order valence-corrected chi connectivity index (χ2v) is 6.33. The number of nitrogens with zero attached hydrogens (tertiary/aromatic N) is 1. The lowest BCUT2D eigenvalue weighted by Crippen LogP contribution is -2.23. The van der Waals surface area contributed by atoms with Gasteiger partial charge in [0.25, 0.3) is 0 Å². The number of nitrogens with one attached hydrogen (secondary N) is 1. The first kappa shape index (κ1) is 15.6. The van der Waals surface area contributed by atoms with Crippen LogP contribution in [0.15, 0.2) is 46.8 Å². The summed E-state index contributed by atoms with van der Waals surface area (Å²) in [6, 6.07) is 12.5. The highest BCUT2D eigenvalue weighted by Crippen LogP contribution is 2.15. The zero-order valence-corrected chi connectivity index (χ0v) is 13.5. The van der Waals surface area contributed by atoms with Crippen molar-refractivity contribution in [1.82, 2.24) is 0 Å². The van der Waals surface area contributed by atoms with E-state index in [4.69, 9.17) is 5.73 Å². The molecule has 3 N–H and O–H groups in total.